The molecule has 102 valence electrons. The smallest absolute Gasteiger partial charge is 0.317 e. The monoisotopic (exact) mass is 270 g/mol. The van der Waals surface area contributed by atoms with Gasteiger partial charge in [0, 0.05) is 10.8 Å². The van der Waals surface area contributed by atoms with Gasteiger partial charge in [-0.1, -0.05) is 27.7 Å². The first-order valence-corrected chi connectivity index (χ1v) is 7.10. The summed E-state index contributed by atoms with van der Waals surface area (Å²) in [5.74, 6) is -0.781. The highest BCUT2D eigenvalue weighted by Gasteiger charge is 2.18. The third-order valence-electron chi connectivity index (χ3n) is 2.58. The van der Waals surface area contributed by atoms with E-state index >= 15 is 0 Å². The van der Waals surface area contributed by atoms with Gasteiger partial charge in [0.2, 0.25) is 0 Å². The Morgan fingerprint density at radius 1 is 1.50 bits per heavy atom. The fraction of sp³-hybridized carbons (Fsp3) is 0.692. The lowest BCUT2D eigenvalue weighted by atomic mass is 9.93. The molecule has 4 nitrogen and oxygen atoms in total. The van der Waals surface area contributed by atoms with E-state index in [1.165, 1.54) is 0 Å². The predicted octanol–water partition coefficient (Wildman–Crippen LogP) is 2.74. The van der Waals surface area contributed by atoms with E-state index in [0.29, 0.717) is 6.54 Å². The van der Waals surface area contributed by atoms with Crippen LogP contribution in [0, 0.1) is 0 Å². The van der Waals surface area contributed by atoms with Gasteiger partial charge >= 0.3 is 5.97 Å². The van der Waals surface area contributed by atoms with Crippen LogP contribution in [0.2, 0.25) is 0 Å². The zero-order chi connectivity index (χ0) is 13.8. The van der Waals surface area contributed by atoms with Crippen molar-refractivity contribution in [3.8, 4) is 0 Å². The molecule has 0 aliphatic rings. The minimum atomic E-state index is -0.781. The number of hydrogen-bond acceptors (Lipinski definition) is 4. The van der Waals surface area contributed by atoms with Crippen LogP contribution in [0.25, 0.3) is 0 Å². The number of aromatic nitrogens is 1. The van der Waals surface area contributed by atoms with Crippen molar-refractivity contribution in [3.63, 3.8) is 0 Å². The van der Waals surface area contributed by atoms with Crippen LogP contribution in [0.5, 0.6) is 0 Å². The Labute approximate surface area is 113 Å². The van der Waals surface area contributed by atoms with E-state index in [2.05, 4.69) is 38.1 Å². The lowest BCUT2D eigenvalue weighted by molar-refractivity contribution is -0.138. The first-order valence-electron chi connectivity index (χ1n) is 6.22. The van der Waals surface area contributed by atoms with Crippen LogP contribution in [-0.4, -0.2) is 34.0 Å². The number of nitrogens with zero attached hydrogens (tertiary/aromatic N) is 2. The van der Waals surface area contributed by atoms with Crippen molar-refractivity contribution in [3.05, 3.63) is 16.1 Å². The van der Waals surface area contributed by atoms with E-state index in [-0.39, 0.29) is 12.0 Å². The van der Waals surface area contributed by atoms with Crippen LogP contribution in [0.3, 0.4) is 0 Å². The van der Waals surface area contributed by atoms with Crippen molar-refractivity contribution in [1.82, 2.24) is 9.88 Å². The van der Waals surface area contributed by atoms with Crippen LogP contribution in [-0.2, 0) is 16.8 Å². The van der Waals surface area contributed by atoms with E-state index in [0.717, 1.165) is 23.7 Å². The van der Waals surface area contributed by atoms with Crippen LogP contribution >= 0.6 is 11.3 Å². The minimum Gasteiger partial charge on any atom is -0.480 e. The molecular weight excluding hydrogens is 248 g/mol. The molecule has 0 saturated carbocycles. The first kappa shape index (κ1) is 15.1. The minimum absolute atomic E-state index is 0.0527. The molecule has 5 heteroatoms. The maximum Gasteiger partial charge on any atom is 0.317 e. The molecule has 1 aromatic heterocycles. The standard InChI is InChI=1S/C13H22N2O2S/c1-5-6-15(8-12(16)17)7-11-14-10(9-18-11)13(2,3)4/h9H,5-8H2,1-4H3,(H,16,17). The summed E-state index contributed by atoms with van der Waals surface area (Å²) < 4.78 is 0. The highest BCUT2D eigenvalue weighted by atomic mass is 32.1. The Hall–Kier alpha value is -0.940. The van der Waals surface area contributed by atoms with Gasteiger partial charge in [0.1, 0.15) is 5.01 Å². The highest BCUT2D eigenvalue weighted by Crippen LogP contribution is 2.24. The van der Waals surface area contributed by atoms with E-state index in [4.69, 9.17) is 5.11 Å². The van der Waals surface area contributed by atoms with Gasteiger partial charge in [0.25, 0.3) is 0 Å². The van der Waals surface area contributed by atoms with Gasteiger partial charge in [-0.2, -0.15) is 0 Å². The summed E-state index contributed by atoms with van der Waals surface area (Å²) in [5.41, 5.74) is 1.13. The molecular formula is C13H22N2O2S. The molecule has 0 radical (unpaired) electrons. The molecule has 0 saturated heterocycles. The average molecular weight is 270 g/mol. The number of aliphatic carboxylic acids is 1. The number of rotatable bonds is 6. The molecule has 0 atom stereocenters. The average Bonchev–Trinajstić information content (AvgIpc) is 2.64. The highest BCUT2D eigenvalue weighted by molar-refractivity contribution is 7.09. The molecule has 1 aromatic rings. The fourth-order valence-corrected chi connectivity index (χ4v) is 2.70. The maximum atomic E-state index is 10.8. The van der Waals surface area contributed by atoms with Gasteiger partial charge in [-0.25, -0.2) is 4.98 Å². The Bertz CT molecular complexity index is 396. The van der Waals surface area contributed by atoms with Crippen molar-refractivity contribution >= 4 is 17.3 Å². The Balaban J connectivity index is 2.69. The summed E-state index contributed by atoms with van der Waals surface area (Å²) in [6.07, 6.45) is 0.949. The SMILES string of the molecule is CCCN(CC(=O)O)Cc1nc(C(C)(C)C)cs1. The molecule has 0 spiro atoms. The summed E-state index contributed by atoms with van der Waals surface area (Å²) >= 11 is 1.61. The lowest BCUT2D eigenvalue weighted by Crippen LogP contribution is -2.30. The number of thiazole rings is 1. The topological polar surface area (TPSA) is 53.4 Å². The summed E-state index contributed by atoms with van der Waals surface area (Å²) in [6, 6.07) is 0. The Morgan fingerprint density at radius 3 is 2.61 bits per heavy atom. The number of carbonyl (C=O) groups is 1. The number of hydrogen-bond donors (Lipinski definition) is 1. The van der Waals surface area contributed by atoms with Gasteiger partial charge in [0.15, 0.2) is 0 Å². The second kappa shape index (κ2) is 6.29. The van der Waals surface area contributed by atoms with Gasteiger partial charge in [-0.3, -0.25) is 9.69 Å². The van der Waals surface area contributed by atoms with Crippen molar-refractivity contribution in [2.75, 3.05) is 13.1 Å². The molecule has 0 aromatic carbocycles. The zero-order valence-electron chi connectivity index (χ0n) is 11.6. The van der Waals surface area contributed by atoms with E-state index in [9.17, 15) is 4.79 Å². The normalized spacial score (nSPS) is 12.1. The molecule has 1 rings (SSSR count). The van der Waals surface area contributed by atoms with Crippen LogP contribution in [0.15, 0.2) is 5.38 Å². The van der Waals surface area contributed by atoms with Gasteiger partial charge in [0.05, 0.1) is 18.8 Å². The van der Waals surface area contributed by atoms with E-state index < -0.39 is 5.97 Å². The van der Waals surface area contributed by atoms with Gasteiger partial charge in [-0.15, -0.1) is 11.3 Å². The van der Waals surface area contributed by atoms with Crippen molar-refractivity contribution in [1.29, 1.82) is 0 Å². The van der Waals surface area contributed by atoms with Crippen molar-refractivity contribution < 1.29 is 9.90 Å². The molecule has 0 amide bonds. The van der Waals surface area contributed by atoms with Gasteiger partial charge in [-0.05, 0) is 13.0 Å². The molecule has 18 heavy (non-hydrogen) atoms. The second-order valence-electron chi connectivity index (χ2n) is 5.48. The summed E-state index contributed by atoms with van der Waals surface area (Å²) in [6.45, 7) is 9.94. The van der Waals surface area contributed by atoms with Crippen molar-refractivity contribution in [2.45, 2.75) is 46.1 Å². The van der Waals surface area contributed by atoms with E-state index in [1.54, 1.807) is 11.3 Å². The van der Waals surface area contributed by atoms with Crippen LogP contribution < -0.4 is 0 Å². The van der Waals surface area contributed by atoms with Crippen molar-refractivity contribution in [2.24, 2.45) is 0 Å². The number of carboxylic acid groups (broad SMARTS) is 1. The fourth-order valence-electron chi connectivity index (χ4n) is 1.64. The number of carboxylic acids is 1. The molecule has 0 bridgehead atoms. The third-order valence-corrected chi connectivity index (χ3v) is 3.41. The summed E-state index contributed by atoms with van der Waals surface area (Å²) in [7, 11) is 0. The van der Waals surface area contributed by atoms with Crippen LogP contribution in [0.4, 0.5) is 0 Å². The molecule has 0 unspecified atom stereocenters. The molecule has 0 aliphatic heterocycles. The zero-order valence-corrected chi connectivity index (χ0v) is 12.4. The summed E-state index contributed by atoms with van der Waals surface area (Å²) in [4.78, 5) is 17.3. The second-order valence-corrected chi connectivity index (χ2v) is 6.42. The van der Waals surface area contributed by atoms with Gasteiger partial charge < -0.3 is 5.11 Å². The van der Waals surface area contributed by atoms with Crippen LogP contribution in [0.1, 0.15) is 44.8 Å². The molecule has 0 aliphatic carbocycles. The van der Waals surface area contributed by atoms with E-state index in [1.807, 2.05) is 4.90 Å². The molecule has 1 N–H and O–H groups in total. The third kappa shape index (κ3) is 4.74. The predicted molar refractivity (Wildman–Crippen MR) is 74.0 cm³/mol. The molecule has 1 heterocycles. The Kier molecular flexibility index (Phi) is 5.28. The summed E-state index contributed by atoms with van der Waals surface area (Å²) in [5, 5.41) is 11.9. The Morgan fingerprint density at radius 2 is 2.17 bits per heavy atom. The largest absolute Gasteiger partial charge is 0.480 e. The molecule has 0 fully saturated rings. The first-order chi connectivity index (χ1) is 8.32. The lowest BCUT2D eigenvalue weighted by Gasteiger charge is -2.18. The maximum absolute atomic E-state index is 10.8. The quantitative estimate of drug-likeness (QED) is 0.863.